The lowest BCUT2D eigenvalue weighted by Gasteiger charge is -2.33. The van der Waals surface area contributed by atoms with Crippen molar-refractivity contribution in [3.8, 4) is 0 Å². The van der Waals surface area contributed by atoms with Gasteiger partial charge in [0.25, 0.3) is 0 Å². The Morgan fingerprint density at radius 2 is 1.77 bits per heavy atom. The van der Waals surface area contributed by atoms with Crippen LogP contribution in [0.4, 0.5) is 0 Å². The van der Waals surface area contributed by atoms with Gasteiger partial charge in [0.05, 0.1) is 17.5 Å². The lowest BCUT2D eigenvalue weighted by Crippen LogP contribution is -2.50. The molecule has 1 aliphatic rings. The van der Waals surface area contributed by atoms with Crippen molar-refractivity contribution in [3.05, 3.63) is 71.9 Å². The van der Waals surface area contributed by atoms with Crippen LogP contribution in [-0.2, 0) is 14.8 Å². The molecule has 2 aromatic heterocycles. The molecule has 3 aromatic rings. The molecule has 0 saturated carbocycles. The quantitative estimate of drug-likeness (QED) is 0.549. The predicted molar refractivity (Wildman–Crippen MR) is 118 cm³/mol. The van der Waals surface area contributed by atoms with Gasteiger partial charge >= 0.3 is 0 Å². The monoisotopic (exact) mass is 442 g/mol. The highest BCUT2D eigenvalue weighted by Gasteiger charge is 2.27. The lowest BCUT2D eigenvalue weighted by molar-refractivity contribution is -0.129. The molecule has 1 saturated heterocycles. The Kier molecular flexibility index (Phi) is 6.21. The largest absolute Gasteiger partial charge is 0.339 e. The van der Waals surface area contributed by atoms with E-state index in [-0.39, 0.29) is 11.7 Å². The molecule has 0 unspecified atom stereocenters. The molecule has 0 spiro atoms. The third kappa shape index (κ3) is 4.75. The number of amides is 1. The van der Waals surface area contributed by atoms with Crippen molar-refractivity contribution in [2.45, 2.75) is 5.16 Å². The summed E-state index contributed by atoms with van der Waals surface area (Å²) in [4.78, 5) is 18.7. The number of hydrogen-bond acceptors (Lipinski definition) is 5. The molecule has 9 heteroatoms. The molecule has 4 rings (SSSR count). The summed E-state index contributed by atoms with van der Waals surface area (Å²) in [6, 6.07) is 15.1. The first kappa shape index (κ1) is 20.6. The van der Waals surface area contributed by atoms with E-state index in [2.05, 4.69) is 4.98 Å². The molecule has 30 heavy (non-hydrogen) atoms. The van der Waals surface area contributed by atoms with Crippen molar-refractivity contribution in [1.29, 1.82) is 0 Å². The summed E-state index contributed by atoms with van der Waals surface area (Å²) in [5.74, 6) is 0.263. The number of carbonyl (C=O) groups is 1. The summed E-state index contributed by atoms with van der Waals surface area (Å²) in [5.41, 5.74) is 1.81. The molecule has 1 aromatic carbocycles. The van der Waals surface area contributed by atoms with Crippen LogP contribution >= 0.6 is 11.8 Å². The van der Waals surface area contributed by atoms with E-state index in [9.17, 15) is 13.2 Å². The summed E-state index contributed by atoms with van der Waals surface area (Å²) < 4.78 is 28.5. The Balaban J connectivity index is 1.30. The van der Waals surface area contributed by atoms with Gasteiger partial charge in [-0.3, -0.25) is 9.20 Å². The number of carbonyl (C=O) groups excluding carboxylic acids is 1. The molecule has 0 bridgehead atoms. The Morgan fingerprint density at radius 3 is 2.53 bits per heavy atom. The molecular formula is C21H22N4O3S2. The fraction of sp³-hybridized carbons (Fsp3) is 0.238. The summed E-state index contributed by atoms with van der Waals surface area (Å²) in [7, 11) is -3.51. The molecule has 1 fully saturated rings. The van der Waals surface area contributed by atoms with Gasteiger partial charge in [-0.15, -0.1) is 0 Å². The van der Waals surface area contributed by atoms with Crippen LogP contribution in [0.2, 0.25) is 0 Å². The predicted octanol–water partition coefficient (Wildman–Crippen LogP) is 2.57. The number of fused-ring (bicyclic) bond motifs is 1. The molecule has 0 radical (unpaired) electrons. The first-order chi connectivity index (χ1) is 14.5. The number of pyridine rings is 1. The third-order valence-electron chi connectivity index (χ3n) is 4.91. The van der Waals surface area contributed by atoms with Crippen molar-refractivity contribution in [2.75, 3.05) is 31.9 Å². The van der Waals surface area contributed by atoms with Crippen LogP contribution in [0.5, 0.6) is 0 Å². The Bertz CT molecular complexity index is 1150. The second kappa shape index (κ2) is 9.03. The van der Waals surface area contributed by atoms with Crippen LogP contribution in [0.3, 0.4) is 0 Å². The SMILES string of the molecule is O=C(CSc1ncc2ccccn12)N1CCN(S(=O)(=O)/C=C/c2ccccc2)CC1. The molecule has 0 N–H and O–H groups in total. The fourth-order valence-electron chi connectivity index (χ4n) is 3.25. The molecule has 7 nitrogen and oxygen atoms in total. The van der Waals surface area contributed by atoms with E-state index in [4.69, 9.17) is 0 Å². The van der Waals surface area contributed by atoms with Gasteiger partial charge in [0.2, 0.25) is 15.9 Å². The van der Waals surface area contributed by atoms with E-state index < -0.39 is 10.0 Å². The number of nitrogens with zero attached hydrogens (tertiary/aromatic N) is 4. The first-order valence-corrected chi connectivity index (χ1v) is 12.1. The van der Waals surface area contributed by atoms with Gasteiger partial charge in [-0.1, -0.05) is 48.2 Å². The first-order valence-electron chi connectivity index (χ1n) is 9.59. The average Bonchev–Trinajstić information content (AvgIpc) is 3.20. The number of thioether (sulfide) groups is 1. The highest BCUT2D eigenvalue weighted by Crippen LogP contribution is 2.19. The number of piperazine rings is 1. The molecule has 0 aliphatic carbocycles. The maximum Gasteiger partial charge on any atom is 0.236 e. The van der Waals surface area contributed by atoms with Gasteiger partial charge in [-0.25, -0.2) is 13.4 Å². The average molecular weight is 443 g/mol. The van der Waals surface area contributed by atoms with Gasteiger partial charge in [0, 0.05) is 37.8 Å². The maximum atomic E-state index is 12.6. The van der Waals surface area contributed by atoms with E-state index in [1.807, 2.05) is 59.1 Å². The topological polar surface area (TPSA) is 75.0 Å². The van der Waals surface area contributed by atoms with E-state index in [1.54, 1.807) is 17.2 Å². The Morgan fingerprint density at radius 1 is 1.03 bits per heavy atom. The van der Waals surface area contributed by atoms with Gasteiger partial charge in [-0.05, 0) is 23.8 Å². The summed E-state index contributed by atoms with van der Waals surface area (Å²) in [6.45, 7) is 1.37. The minimum Gasteiger partial charge on any atom is -0.339 e. The molecule has 156 valence electrons. The zero-order chi connectivity index (χ0) is 21.0. The number of aromatic nitrogens is 2. The number of sulfonamides is 1. The van der Waals surface area contributed by atoms with Crippen LogP contribution in [0, 0.1) is 0 Å². The molecule has 0 atom stereocenters. The second-order valence-corrected chi connectivity index (χ2v) is 9.62. The summed E-state index contributed by atoms with van der Waals surface area (Å²) >= 11 is 1.39. The Labute approximate surface area is 180 Å². The normalized spacial score (nSPS) is 15.8. The van der Waals surface area contributed by atoms with Crippen LogP contribution in [0.25, 0.3) is 11.6 Å². The molecule has 3 heterocycles. The maximum absolute atomic E-state index is 12.6. The van der Waals surface area contributed by atoms with E-state index in [0.717, 1.165) is 16.2 Å². The van der Waals surface area contributed by atoms with Crippen molar-refractivity contribution >= 4 is 39.3 Å². The van der Waals surface area contributed by atoms with Gasteiger partial charge in [0.1, 0.15) is 0 Å². The molecule has 1 aliphatic heterocycles. The fourth-order valence-corrected chi connectivity index (χ4v) is 5.29. The van der Waals surface area contributed by atoms with Gasteiger partial charge in [-0.2, -0.15) is 4.31 Å². The van der Waals surface area contributed by atoms with E-state index in [0.29, 0.717) is 26.2 Å². The number of benzene rings is 1. The minimum absolute atomic E-state index is 0.00967. The Hall–Kier alpha value is -2.62. The summed E-state index contributed by atoms with van der Waals surface area (Å²) in [6.07, 6.45) is 5.29. The highest BCUT2D eigenvalue weighted by molar-refractivity contribution is 7.99. The number of hydrogen-bond donors (Lipinski definition) is 0. The van der Waals surface area contributed by atoms with Crippen LogP contribution < -0.4 is 0 Å². The van der Waals surface area contributed by atoms with Crippen molar-refractivity contribution in [1.82, 2.24) is 18.6 Å². The van der Waals surface area contributed by atoms with Crippen LogP contribution in [0.1, 0.15) is 5.56 Å². The van der Waals surface area contributed by atoms with Crippen molar-refractivity contribution in [2.24, 2.45) is 0 Å². The minimum atomic E-state index is -3.51. The van der Waals surface area contributed by atoms with Crippen molar-refractivity contribution < 1.29 is 13.2 Å². The standard InChI is InChI=1S/C21H22N4O3S2/c26-20(17-29-21-22-16-19-8-4-5-10-25(19)21)23-11-13-24(14-12-23)30(27,28)15-9-18-6-2-1-3-7-18/h1-10,15-16H,11-14,17H2/b15-9+. The zero-order valence-electron chi connectivity index (χ0n) is 16.3. The van der Waals surface area contributed by atoms with E-state index in [1.165, 1.54) is 21.5 Å². The van der Waals surface area contributed by atoms with Crippen LogP contribution in [-0.4, -0.2) is 64.8 Å². The smallest absolute Gasteiger partial charge is 0.236 e. The van der Waals surface area contributed by atoms with Crippen molar-refractivity contribution in [3.63, 3.8) is 0 Å². The summed E-state index contributed by atoms with van der Waals surface area (Å²) in [5, 5.41) is 2.00. The highest BCUT2D eigenvalue weighted by atomic mass is 32.2. The second-order valence-electron chi connectivity index (χ2n) is 6.86. The number of imidazole rings is 1. The molecule has 1 amide bonds. The number of rotatable bonds is 6. The van der Waals surface area contributed by atoms with Gasteiger partial charge in [0.15, 0.2) is 5.16 Å². The zero-order valence-corrected chi connectivity index (χ0v) is 17.9. The lowest BCUT2D eigenvalue weighted by atomic mass is 10.2. The van der Waals surface area contributed by atoms with Crippen LogP contribution in [0.15, 0.2) is 71.5 Å². The van der Waals surface area contributed by atoms with Gasteiger partial charge < -0.3 is 4.90 Å². The van der Waals surface area contributed by atoms with E-state index >= 15 is 0 Å². The third-order valence-corrected chi connectivity index (χ3v) is 7.43. The molecular weight excluding hydrogens is 420 g/mol.